The van der Waals surface area contributed by atoms with Gasteiger partial charge in [-0.1, -0.05) is 73.1 Å². The largest absolute Gasteiger partial charge is 0.355 e. The van der Waals surface area contributed by atoms with Gasteiger partial charge in [0.15, 0.2) is 0 Å². The van der Waals surface area contributed by atoms with E-state index in [9.17, 15) is 9.59 Å². The van der Waals surface area contributed by atoms with Crippen molar-refractivity contribution < 1.29 is 9.59 Å². The van der Waals surface area contributed by atoms with Gasteiger partial charge in [-0.05, 0) is 53.8 Å². The molecule has 1 unspecified atom stereocenters. The quantitative estimate of drug-likeness (QED) is 0.490. The van der Waals surface area contributed by atoms with Gasteiger partial charge in [0.05, 0.1) is 0 Å². The predicted molar refractivity (Wildman–Crippen MR) is 127 cm³/mol. The molecule has 0 fully saturated rings. The normalized spacial score (nSPS) is 11.8. The lowest BCUT2D eigenvalue weighted by Crippen LogP contribution is -2.49. The summed E-state index contributed by atoms with van der Waals surface area (Å²) >= 11 is 6.01. The molecule has 4 nitrogen and oxygen atoms in total. The third-order valence-electron chi connectivity index (χ3n) is 5.49. The fourth-order valence-electron chi connectivity index (χ4n) is 3.89. The second-order valence-electron chi connectivity index (χ2n) is 7.61. The minimum Gasteiger partial charge on any atom is -0.355 e. The molecule has 0 aliphatic rings. The van der Waals surface area contributed by atoms with E-state index >= 15 is 0 Å². The summed E-state index contributed by atoms with van der Waals surface area (Å²) in [6, 6.07) is 21.3. The van der Waals surface area contributed by atoms with Crippen molar-refractivity contribution in [2.45, 2.75) is 45.7 Å². The fraction of sp³-hybridized carbons (Fsp3) is 0.308. The van der Waals surface area contributed by atoms with E-state index in [2.05, 4.69) is 29.6 Å². The zero-order valence-electron chi connectivity index (χ0n) is 18.1. The molecule has 31 heavy (non-hydrogen) atoms. The molecule has 3 rings (SSSR count). The lowest BCUT2D eigenvalue weighted by Gasteiger charge is -2.30. The minimum atomic E-state index is -0.504. The van der Waals surface area contributed by atoms with Gasteiger partial charge in [-0.2, -0.15) is 0 Å². The predicted octanol–water partition coefficient (Wildman–Crippen LogP) is 5.37. The number of nitrogens with zero attached hydrogens (tertiary/aromatic N) is 1. The average molecular weight is 437 g/mol. The second-order valence-corrected chi connectivity index (χ2v) is 8.04. The number of likely N-dealkylation sites (N-methyl/N-ethyl adjacent to an activating group) is 1. The summed E-state index contributed by atoms with van der Waals surface area (Å²) in [7, 11) is 0. The van der Waals surface area contributed by atoms with Gasteiger partial charge in [0.25, 0.3) is 0 Å². The monoisotopic (exact) mass is 436 g/mol. The number of carbonyl (C=O) groups is 2. The Balaban J connectivity index is 1.81. The van der Waals surface area contributed by atoms with E-state index in [1.165, 1.54) is 5.39 Å². The number of rotatable bonds is 9. The van der Waals surface area contributed by atoms with E-state index in [0.29, 0.717) is 37.4 Å². The number of fused-ring (bicyclic) bond motifs is 1. The van der Waals surface area contributed by atoms with Crippen LogP contribution in [0, 0.1) is 0 Å². The van der Waals surface area contributed by atoms with Gasteiger partial charge in [-0.3, -0.25) is 9.59 Å². The molecule has 1 N–H and O–H groups in total. The summed E-state index contributed by atoms with van der Waals surface area (Å²) in [4.78, 5) is 27.7. The number of carbonyl (C=O) groups excluding carboxylic acids is 2. The van der Waals surface area contributed by atoms with Crippen LogP contribution in [0.25, 0.3) is 10.8 Å². The second kappa shape index (κ2) is 11.0. The molecule has 2 amide bonds. The number of hydrogen-bond donors (Lipinski definition) is 1. The molecule has 1 atom stereocenters. The summed E-state index contributed by atoms with van der Waals surface area (Å²) in [6.45, 7) is 4.73. The first-order valence-corrected chi connectivity index (χ1v) is 11.2. The Morgan fingerprint density at radius 2 is 1.68 bits per heavy atom. The molecular formula is C26H29ClN2O2. The molecule has 0 bridgehead atoms. The van der Waals surface area contributed by atoms with Gasteiger partial charge in [0.1, 0.15) is 6.04 Å². The topological polar surface area (TPSA) is 49.4 Å². The maximum absolute atomic E-state index is 13.4. The molecule has 0 aromatic heterocycles. The summed E-state index contributed by atoms with van der Waals surface area (Å²) in [5, 5.41) is 5.85. The lowest BCUT2D eigenvalue weighted by molar-refractivity contribution is -0.141. The highest BCUT2D eigenvalue weighted by Gasteiger charge is 2.28. The van der Waals surface area contributed by atoms with Crippen LogP contribution in [0.2, 0.25) is 5.02 Å². The highest BCUT2D eigenvalue weighted by atomic mass is 35.5. The Labute approximate surface area is 189 Å². The molecule has 5 heteroatoms. The van der Waals surface area contributed by atoms with E-state index < -0.39 is 6.04 Å². The number of nitrogens with one attached hydrogen (secondary N) is 1. The van der Waals surface area contributed by atoms with Gasteiger partial charge in [-0.25, -0.2) is 0 Å². The fourth-order valence-corrected chi connectivity index (χ4v) is 4.02. The molecule has 162 valence electrons. The van der Waals surface area contributed by atoms with Crippen LogP contribution in [0.3, 0.4) is 0 Å². The average Bonchev–Trinajstić information content (AvgIpc) is 2.78. The summed E-state index contributed by atoms with van der Waals surface area (Å²) < 4.78 is 0. The first kappa shape index (κ1) is 22.8. The summed E-state index contributed by atoms with van der Waals surface area (Å²) in [6.07, 6.45) is 1.53. The van der Waals surface area contributed by atoms with Gasteiger partial charge in [-0.15, -0.1) is 0 Å². The molecule has 3 aromatic rings. The van der Waals surface area contributed by atoms with Crippen LogP contribution < -0.4 is 5.32 Å². The number of halogens is 1. The number of benzene rings is 3. The molecule has 3 aromatic carbocycles. The molecule has 0 saturated heterocycles. The molecule has 0 aliphatic carbocycles. The molecule has 0 spiro atoms. The smallest absolute Gasteiger partial charge is 0.242 e. The van der Waals surface area contributed by atoms with Crippen molar-refractivity contribution in [3.05, 3.63) is 82.9 Å². The minimum absolute atomic E-state index is 0.0269. The summed E-state index contributed by atoms with van der Waals surface area (Å²) in [5.74, 6) is -0.140. The zero-order chi connectivity index (χ0) is 22.2. The highest BCUT2D eigenvalue weighted by Crippen LogP contribution is 2.21. The van der Waals surface area contributed by atoms with E-state index in [0.717, 1.165) is 16.5 Å². The summed E-state index contributed by atoms with van der Waals surface area (Å²) in [5.41, 5.74) is 2.09. The first-order valence-electron chi connectivity index (χ1n) is 10.8. The van der Waals surface area contributed by atoms with Crippen LogP contribution in [-0.2, 0) is 22.6 Å². The third kappa shape index (κ3) is 5.86. The first-order chi connectivity index (χ1) is 15.0. The third-order valence-corrected chi connectivity index (χ3v) is 5.74. The van der Waals surface area contributed by atoms with E-state index in [4.69, 9.17) is 11.6 Å². The van der Waals surface area contributed by atoms with E-state index in [1.807, 2.05) is 56.3 Å². The zero-order valence-corrected chi connectivity index (χ0v) is 18.9. The van der Waals surface area contributed by atoms with Gasteiger partial charge in [0.2, 0.25) is 11.8 Å². The molecule has 0 saturated carbocycles. The standard InChI is InChI=1S/C26H29ClN2O2/c1-3-24(26(31)28-4-2)29(18-19-12-15-22(27)16-13-19)25(30)17-14-21-10-7-9-20-8-5-6-11-23(20)21/h5-13,15-16,24H,3-4,14,17-18H2,1-2H3,(H,28,31). The van der Waals surface area contributed by atoms with Crippen molar-refractivity contribution >= 4 is 34.2 Å². The van der Waals surface area contributed by atoms with E-state index in [-0.39, 0.29) is 11.8 Å². The van der Waals surface area contributed by atoms with Crippen molar-refractivity contribution in [2.24, 2.45) is 0 Å². The maximum atomic E-state index is 13.4. The maximum Gasteiger partial charge on any atom is 0.242 e. The van der Waals surface area contributed by atoms with Gasteiger partial charge in [0, 0.05) is 24.5 Å². The number of aryl methyl sites for hydroxylation is 1. The van der Waals surface area contributed by atoms with Crippen molar-refractivity contribution in [1.29, 1.82) is 0 Å². The van der Waals surface area contributed by atoms with Crippen molar-refractivity contribution in [1.82, 2.24) is 10.2 Å². The van der Waals surface area contributed by atoms with Crippen LogP contribution >= 0.6 is 11.6 Å². The Hall–Kier alpha value is -2.85. The van der Waals surface area contributed by atoms with E-state index in [1.54, 1.807) is 4.90 Å². The van der Waals surface area contributed by atoms with Gasteiger partial charge >= 0.3 is 0 Å². The molecular weight excluding hydrogens is 408 g/mol. The van der Waals surface area contributed by atoms with Crippen LogP contribution in [0.1, 0.15) is 37.8 Å². The SMILES string of the molecule is CCNC(=O)C(CC)N(Cc1ccc(Cl)cc1)C(=O)CCc1cccc2ccccc12. The van der Waals surface area contributed by atoms with Crippen molar-refractivity contribution in [3.63, 3.8) is 0 Å². The Morgan fingerprint density at radius 1 is 0.968 bits per heavy atom. The molecule has 0 aliphatic heterocycles. The highest BCUT2D eigenvalue weighted by molar-refractivity contribution is 6.30. The van der Waals surface area contributed by atoms with Crippen LogP contribution in [0.5, 0.6) is 0 Å². The number of amides is 2. The molecule has 0 heterocycles. The van der Waals surface area contributed by atoms with Crippen molar-refractivity contribution in [3.8, 4) is 0 Å². The van der Waals surface area contributed by atoms with Crippen LogP contribution in [0.15, 0.2) is 66.7 Å². The van der Waals surface area contributed by atoms with Crippen molar-refractivity contribution in [2.75, 3.05) is 6.54 Å². The number of hydrogen-bond acceptors (Lipinski definition) is 2. The van der Waals surface area contributed by atoms with Gasteiger partial charge < -0.3 is 10.2 Å². The Bertz CT molecular complexity index is 1030. The van der Waals surface area contributed by atoms with Crippen LogP contribution in [-0.4, -0.2) is 29.3 Å². The Kier molecular flexibility index (Phi) is 8.07. The lowest BCUT2D eigenvalue weighted by atomic mass is 10.00. The molecule has 0 radical (unpaired) electrons. The van der Waals surface area contributed by atoms with Crippen LogP contribution in [0.4, 0.5) is 0 Å². The Morgan fingerprint density at radius 3 is 2.39 bits per heavy atom.